The molecule has 0 saturated carbocycles. The quantitative estimate of drug-likeness (QED) is 0.247. The van der Waals surface area contributed by atoms with Crippen molar-refractivity contribution in [2.24, 2.45) is 0 Å². The molecule has 0 atom stereocenters. The topological polar surface area (TPSA) is 40.5 Å². The predicted molar refractivity (Wildman–Crippen MR) is 121 cm³/mol. The van der Waals surface area contributed by atoms with Gasteiger partial charge in [0.1, 0.15) is 23.1 Å². The van der Waals surface area contributed by atoms with E-state index in [1.807, 2.05) is 24.3 Å². The van der Waals surface area contributed by atoms with Crippen LogP contribution in [0.1, 0.15) is 18.1 Å². The first-order valence-corrected chi connectivity index (χ1v) is 9.33. The third-order valence-electron chi connectivity index (χ3n) is 3.31. The number of hydrogen-bond donors (Lipinski definition) is 2. The summed E-state index contributed by atoms with van der Waals surface area (Å²) in [7, 11) is 0. The Morgan fingerprint density at radius 3 is 1.03 bits per heavy atom. The third kappa shape index (κ3) is 18.0. The van der Waals surface area contributed by atoms with Crippen LogP contribution in [0.3, 0.4) is 0 Å². The van der Waals surface area contributed by atoms with E-state index in [0.717, 1.165) is 0 Å². The number of benzene rings is 2. The molecule has 0 amide bonds. The molecule has 4 aromatic carbocycles. The number of halogens is 2. The Hall–Kier alpha value is -2.52. The SMILES string of the molecule is Cc1cc[cH-]c1.Cc1cc[cH-]c1.Oc1ccc(F)cc1.Oc1ccc(F)cc1.[CH2-]C.[Zr+3]. The third-order valence-corrected chi connectivity index (χ3v) is 3.31. The summed E-state index contributed by atoms with van der Waals surface area (Å²) in [6.45, 7) is 9.17. The maximum Gasteiger partial charge on any atom is 3.00 e. The second-order valence-electron chi connectivity index (χ2n) is 5.88. The van der Waals surface area contributed by atoms with Gasteiger partial charge in [-0.05, 0) is 48.5 Å². The number of aromatic hydroxyl groups is 2. The van der Waals surface area contributed by atoms with Crippen LogP contribution in [0.2, 0.25) is 0 Å². The molecule has 0 fully saturated rings. The number of phenols is 2. The summed E-state index contributed by atoms with van der Waals surface area (Å²) in [5.74, 6) is -0.483. The van der Waals surface area contributed by atoms with E-state index in [4.69, 9.17) is 10.2 Å². The van der Waals surface area contributed by atoms with Crippen molar-refractivity contribution in [3.05, 3.63) is 127 Å². The summed E-state index contributed by atoms with van der Waals surface area (Å²) in [6.07, 6.45) is 0. The van der Waals surface area contributed by atoms with Gasteiger partial charge >= 0.3 is 26.2 Å². The van der Waals surface area contributed by atoms with E-state index in [-0.39, 0.29) is 49.3 Å². The minimum absolute atomic E-state index is 0. The van der Waals surface area contributed by atoms with E-state index in [0.29, 0.717) is 0 Å². The van der Waals surface area contributed by atoms with E-state index < -0.39 is 0 Å². The average Bonchev–Trinajstić information content (AvgIpc) is 3.43. The second-order valence-corrected chi connectivity index (χ2v) is 5.88. The molecule has 0 saturated heterocycles. The van der Waals surface area contributed by atoms with Crippen LogP contribution in [0.25, 0.3) is 0 Å². The zero-order valence-electron chi connectivity index (χ0n) is 18.1. The molecule has 31 heavy (non-hydrogen) atoms. The van der Waals surface area contributed by atoms with Crippen molar-refractivity contribution >= 4 is 0 Å². The van der Waals surface area contributed by atoms with Gasteiger partial charge in [0.05, 0.1) is 0 Å². The molecular formula is C26H29F2O2Zr. The minimum atomic E-state index is -0.331. The van der Waals surface area contributed by atoms with Gasteiger partial charge in [0.15, 0.2) is 0 Å². The molecule has 163 valence electrons. The molecule has 0 aromatic heterocycles. The molecule has 1 radical (unpaired) electrons. The molecule has 4 aromatic rings. The first kappa shape index (κ1) is 30.7. The zero-order valence-corrected chi connectivity index (χ0v) is 20.6. The van der Waals surface area contributed by atoms with Crippen LogP contribution in [0, 0.1) is 32.4 Å². The number of hydrogen-bond acceptors (Lipinski definition) is 2. The van der Waals surface area contributed by atoms with Crippen LogP contribution in [0.15, 0.2) is 97.1 Å². The van der Waals surface area contributed by atoms with Gasteiger partial charge in [-0.3, -0.25) is 0 Å². The molecule has 0 spiro atoms. The Labute approximate surface area is 203 Å². The summed E-state index contributed by atoms with van der Waals surface area (Å²) < 4.78 is 24.0. The van der Waals surface area contributed by atoms with Gasteiger partial charge < -0.3 is 17.1 Å². The van der Waals surface area contributed by atoms with Crippen LogP contribution in [0.4, 0.5) is 8.78 Å². The monoisotopic (exact) mass is 501 g/mol. The second kappa shape index (κ2) is 19.4. The smallest absolute Gasteiger partial charge is 0.508 e. The average molecular weight is 503 g/mol. The van der Waals surface area contributed by atoms with Gasteiger partial charge in [0.2, 0.25) is 0 Å². The van der Waals surface area contributed by atoms with Gasteiger partial charge in [-0.25, -0.2) is 32.0 Å². The Bertz CT molecular complexity index is 737. The Morgan fingerprint density at radius 2 is 0.903 bits per heavy atom. The van der Waals surface area contributed by atoms with Crippen LogP contribution in [0.5, 0.6) is 11.5 Å². The predicted octanol–water partition coefficient (Wildman–Crippen LogP) is 7.33. The van der Waals surface area contributed by atoms with Crippen molar-refractivity contribution in [2.45, 2.75) is 20.8 Å². The zero-order chi connectivity index (χ0) is 22.8. The van der Waals surface area contributed by atoms with Crippen LogP contribution < -0.4 is 0 Å². The summed E-state index contributed by atoms with van der Waals surface area (Å²) in [6, 6.07) is 26.5. The van der Waals surface area contributed by atoms with Crippen molar-refractivity contribution in [2.75, 3.05) is 0 Å². The van der Waals surface area contributed by atoms with Crippen molar-refractivity contribution < 1.29 is 45.2 Å². The van der Waals surface area contributed by atoms with E-state index >= 15 is 0 Å². The first-order valence-electron chi connectivity index (χ1n) is 9.33. The standard InChI is InChI=1S/2C6H5FO.2C6H7.C2H5.Zr/c2*7-5-1-3-6(8)4-2-5;2*1-6-4-2-3-5-6;1-2;/h2*1-4,8H;2*2-5H,1H3;1H2,2H3;/q;;3*-1;+3. The summed E-state index contributed by atoms with van der Waals surface area (Å²) in [4.78, 5) is 0. The van der Waals surface area contributed by atoms with Crippen molar-refractivity contribution in [3.8, 4) is 11.5 Å². The van der Waals surface area contributed by atoms with Crippen molar-refractivity contribution in [3.63, 3.8) is 0 Å². The molecule has 0 aliphatic heterocycles. The molecule has 0 bridgehead atoms. The van der Waals surface area contributed by atoms with Crippen LogP contribution >= 0.6 is 0 Å². The molecule has 4 rings (SSSR count). The largest absolute Gasteiger partial charge is 3.00 e. The van der Waals surface area contributed by atoms with Gasteiger partial charge in [0, 0.05) is 0 Å². The van der Waals surface area contributed by atoms with Crippen LogP contribution in [-0.2, 0) is 26.2 Å². The number of rotatable bonds is 0. The van der Waals surface area contributed by atoms with E-state index in [1.54, 1.807) is 6.92 Å². The normalized spacial score (nSPS) is 8.32. The Kier molecular flexibility index (Phi) is 19.2. The summed E-state index contributed by atoms with van der Waals surface area (Å²) in [5, 5.41) is 17.2. The van der Waals surface area contributed by atoms with Gasteiger partial charge in [0.25, 0.3) is 0 Å². The molecule has 0 heterocycles. The summed E-state index contributed by atoms with van der Waals surface area (Å²) >= 11 is 0. The fourth-order valence-electron chi connectivity index (χ4n) is 1.82. The Balaban J connectivity index is 0. The fourth-order valence-corrected chi connectivity index (χ4v) is 1.82. The molecule has 2 nitrogen and oxygen atoms in total. The fraction of sp³-hybridized carbons (Fsp3) is 0.115. The van der Waals surface area contributed by atoms with E-state index in [2.05, 4.69) is 45.0 Å². The van der Waals surface area contributed by atoms with Gasteiger partial charge in [-0.15, -0.1) is 0 Å². The van der Waals surface area contributed by atoms with Crippen molar-refractivity contribution in [1.29, 1.82) is 0 Å². The molecule has 0 unspecified atom stereocenters. The number of phenolic OH excluding ortho intramolecular Hbond substituents is 2. The molecule has 0 aliphatic carbocycles. The van der Waals surface area contributed by atoms with E-state index in [1.165, 1.54) is 59.7 Å². The maximum absolute atomic E-state index is 12.0. The first-order chi connectivity index (χ1) is 14.4. The van der Waals surface area contributed by atoms with Crippen LogP contribution in [-0.4, -0.2) is 10.2 Å². The number of aryl methyl sites for hydroxylation is 2. The Morgan fingerprint density at radius 1 is 0.613 bits per heavy atom. The molecule has 5 heteroatoms. The van der Waals surface area contributed by atoms with Crippen molar-refractivity contribution in [1.82, 2.24) is 0 Å². The molecule has 0 aliphatic rings. The summed E-state index contributed by atoms with van der Waals surface area (Å²) in [5.41, 5.74) is 2.69. The van der Waals surface area contributed by atoms with Gasteiger partial charge in [-0.1, -0.05) is 13.8 Å². The molecule has 2 N–H and O–H groups in total. The maximum atomic E-state index is 12.0. The van der Waals surface area contributed by atoms with E-state index in [9.17, 15) is 8.78 Å². The van der Waals surface area contributed by atoms with Gasteiger partial charge in [-0.2, -0.15) is 43.3 Å². The molecular weight excluding hydrogens is 474 g/mol. The minimum Gasteiger partial charge on any atom is -0.508 e.